The van der Waals surface area contributed by atoms with Crippen LogP contribution in [0.4, 0.5) is 5.69 Å². The first-order valence-electron chi connectivity index (χ1n) is 11.3. The Morgan fingerprint density at radius 3 is 2.17 bits per heavy atom. The number of carbonyl (C=O) groups excluding carboxylic acids is 2. The highest BCUT2D eigenvalue weighted by atomic mass is 79.9. The fourth-order valence-corrected chi connectivity index (χ4v) is 5.65. The van der Waals surface area contributed by atoms with E-state index in [0.717, 1.165) is 8.78 Å². The fourth-order valence-electron chi connectivity index (χ4n) is 3.75. The molecule has 36 heavy (non-hydrogen) atoms. The van der Waals surface area contributed by atoms with Crippen molar-refractivity contribution in [2.75, 3.05) is 17.9 Å². The predicted molar refractivity (Wildman–Crippen MR) is 145 cm³/mol. The van der Waals surface area contributed by atoms with Crippen molar-refractivity contribution in [3.8, 4) is 0 Å². The zero-order valence-corrected chi connectivity index (χ0v) is 23.1. The molecule has 1 N–H and O–H groups in total. The second-order valence-electron chi connectivity index (χ2n) is 7.95. The van der Waals surface area contributed by atoms with Crippen LogP contribution >= 0.6 is 27.5 Å². The molecule has 7 nitrogen and oxygen atoms in total. The van der Waals surface area contributed by atoms with Crippen LogP contribution in [0.3, 0.4) is 0 Å². The van der Waals surface area contributed by atoms with Crippen LogP contribution in [0.15, 0.2) is 88.2 Å². The Morgan fingerprint density at radius 1 is 0.972 bits per heavy atom. The molecule has 3 aromatic carbocycles. The van der Waals surface area contributed by atoms with Crippen LogP contribution in [-0.2, 0) is 26.2 Å². The molecule has 0 aliphatic rings. The van der Waals surface area contributed by atoms with E-state index in [0.29, 0.717) is 22.7 Å². The normalized spacial score (nSPS) is 12.0. The number of hydrogen-bond acceptors (Lipinski definition) is 4. The van der Waals surface area contributed by atoms with Crippen LogP contribution in [-0.4, -0.2) is 44.8 Å². The van der Waals surface area contributed by atoms with Gasteiger partial charge >= 0.3 is 0 Å². The summed E-state index contributed by atoms with van der Waals surface area (Å²) in [6, 6.07) is 20.8. The molecule has 0 aromatic heterocycles. The van der Waals surface area contributed by atoms with Gasteiger partial charge in [0.15, 0.2) is 0 Å². The number of nitrogens with one attached hydrogen (secondary N) is 1. The number of likely N-dealkylation sites (N-methyl/N-ethyl adjacent to an activating group) is 1. The summed E-state index contributed by atoms with van der Waals surface area (Å²) in [5, 5.41) is 3.04. The first-order valence-corrected chi connectivity index (χ1v) is 13.9. The third kappa shape index (κ3) is 6.46. The molecule has 2 amide bonds. The number of amides is 2. The van der Waals surface area contributed by atoms with Gasteiger partial charge < -0.3 is 10.2 Å². The Morgan fingerprint density at radius 2 is 1.58 bits per heavy atom. The van der Waals surface area contributed by atoms with Gasteiger partial charge in [-0.1, -0.05) is 70.9 Å². The zero-order valence-electron chi connectivity index (χ0n) is 19.9. The summed E-state index contributed by atoms with van der Waals surface area (Å²) in [5.74, 6) is -0.883. The van der Waals surface area contributed by atoms with Crippen LogP contribution < -0.4 is 9.62 Å². The Kier molecular flexibility index (Phi) is 9.53. The van der Waals surface area contributed by atoms with E-state index >= 15 is 0 Å². The first kappa shape index (κ1) is 27.7. The van der Waals surface area contributed by atoms with Gasteiger partial charge in [-0.15, -0.1) is 0 Å². The molecule has 0 radical (unpaired) electrons. The van der Waals surface area contributed by atoms with Crippen molar-refractivity contribution < 1.29 is 18.0 Å². The average Bonchev–Trinajstić information content (AvgIpc) is 2.89. The molecule has 190 valence electrons. The SMILES string of the molecule is CC[C@H](C(=O)NC)N(Cc1ccccc1Cl)C(=O)CN(c1ccc(Br)cc1)S(=O)(=O)c1ccccc1. The maximum atomic E-state index is 13.8. The van der Waals surface area contributed by atoms with Crippen molar-refractivity contribution in [2.24, 2.45) is 0 Å². The largest absolute Gasteiger partial charge is 0.357 e. The topological polar surface area (TPSA) is 86.8 Å². The van der Waals surface area contributed by atoms with Crippen molar-refractivity contribution in [1.29, 1.82) is 0 Å². The second-order valence-corrected chi connectivity index (χ2v) is 11.1. The Balaban J connectivity index is 2.05. The van der Waals surface area contributed by atoms with Crippen LogP contribution in [0.1, 0.15) is 18.9 Å². The van der Waals surface area contributed by atoms with Gasteiger partial charge in [0.2, 0.25) is 11.8 Å². The molecule has 0 aliphatic heterocycles. The van der Waals surface area contributed by atoms with Crippen molar-refractivity contribution in [3.05, 3.63) is 93.9 Å². The maximum absolute atomic E-state index is 13.8. The quantitative estimate of drug-likeness (QED) is 0.365. The van der Waals surface area contributed by atoms with Gasteiger partial charge in [-0.3, -0.25) is 13.9 Å². The standard InChI is InChI=1S/C26H27BrClN3O4S/c1-3-24(26(33)29-2)30(17-19-9-7-8-12-23(19)28)25(32)18-31(21-15-13-20(27)14-16-21)36(34,35)22-10-5-4-6-11-22/h4-16,24H,3,17-18H2,1-2H3,(H,29,33)/t24-/m1/s1. The van der Waals surface area contributed by atoms with E-state index in [9.17, 15) is 18.0 Å². The molecule has 0 spiro atoms. The number of anilines is 1. The van der Waals surface area contributed by atoms with E-state index in [1.54, 1.807) is 73.7 Å². The molecule has 0 bridgehead atoms. The number of sulfonamides is 1. The first-order chi connectivity index (χ1) is 17.2. The zero-order chi connectivity index (χ0) is 26.3. The lowest BCUT2D eigenvalue weighted by atomic mass is 10.1. The van der Waals surface area contributed by atoms with E-state index in [2.05, 4.69) is 21.2 Å². The fraction of sp³-hybridized carbons (Fsp3) is 0.231. The minimum Gasteiger partial charge on any atom is -0.357 e. The lowest BCUT2D eigenvalue weighted by Gasteiger charge is -2.33. The minimum atomic E-state index is -4.09. The monoisotopic (exact) mass is 591 g/mol. The highest BCUT2D eigenvalue weighted by Gasteiger charge is 2.33. The van der Waals surface area contributed by atoms with Gasteiger partial charge in [0.1, 0.15) is 12.6 Å². The number of nitrogens with zero attached hydrogens (tertiary/aromatic N) is 2. The van der Waals surface area contributed by atoms with Gasteiger partial charge in [-0.25, -0.2) is 8.42 Å². The van der Waals surface area contributed by atoms with Crippen molar-refractivity contribution in [2.45, 2.75) is 30.8 Å². The van der Waals surface area contributed by atoms with E-state index in [4.69, 9.17) is 11.6 Å². The summed E-state index contributed by atoms with van der Waals surface area (Å²) < 4.78 is 29.1. The molecule has 0 saturated carbocycles. The summed E-state index contributed by atoms with van der Waals surface area (Å²) in [5.41, 5.74) is 0.970. The Labute approximate surface area is 225 Å². The molecule has 3 aromatic rings. The van der Waals surface area contributed by atoms with Crippen LogP contribution in [0.25, 0.3) is 0 Å². The molecule has 0 heterocycles. The van der Waals surface area contributed by atoms with Gasteiger partial charge in [0.05, 0.1) is 10.6 Å². The summed E-state index contributed by atoms with van der Waals surface area (Å²) in [7, 11) is -2.59. The molecule has 0 aliphatic carbocycles. The van der Waals surface area contributed by atoms with Crippen molar-refractivity contribution >= 4 is 55.1 Å². The lowest BCUT2D eigenvalue weighted by molar-refractivity contribution is -0.140. The third-order valence-corrected chi connectivity index (χ3v) is 8.34. The average molecular weight is 593 g/mol. The lowest BCUT2D eigenvalue weighted by Crippen LogP contribution is -2.51. The molecule has 0 saturated heterocycles. The number of halogens is 2. The number of rotatable bonds is 10. The summed E-state index contributed by atoms with van der Waals surface area (Å²) >= 11 is 9.71. The van der Waals surface area contributed by atoms with E-state index in [-0.39, 0.29) is 17.3 Å². The van der Waals surface area contributed by atoms with Crippen LogP contribution in [0, 0.1) is 0 Å². The summed E-state index contributed by atoms with van der Waals surface area (Å²) in [6.45, 7) is 1.33. The predicted octanol–water partition coefficient (Wildman–Crippen LogP) is 4.85. The molecule has 0 unspecified atom stereocenters. The molecular weight excluding hydrogens is 566 g/mol. The molecular formula is C26H27BrClN3O4S. The Bertz CT molecular complexity index is 1300. The van der Waals surface area contributed by atoms with Crippen LogP contribution in [0.2, 0.25) is 5.02 Å². The summed E-state index contributed by atoms with van der Waals surface area (Å²) in [4.78, 5) is 27.9. The summed E-state index contributed by atoms with van der Waals surface area (Å²) in [6.07, 6.45) is 0.333. The molecule has 1 atom stereocenters. The second kappa shape index (κ2) is 12.4. The van der Waals surface area contributed by atoms with E-state index in [1.165, 1.54) is 24.1 Å². The van der Waals surface area contributed by atoms with E-state index < -0.39 is 28.5 Å². The molecule has 10 heteroatoms. The van der Waals surface area contributed by atoms with Gasteiger partial charge in [0.25, 0.3) is 10.0 Å². The Hall–Kier alpha value is -2.88. The van der Waals surface area contributed by atoms with Gasteiger partial charge in [-0.05, 0) is 54.4 Å². The van der Waals surface area contributed by atoms with Crippen molar-refractivity contribution in [3.63, 3.8) is 0 Å². The number of hydrogen-bond donors (Lipinski definition) is 1. The maximum Gasteiger partial charge on any atom is 0.264 e. The van der Waals surface area contributed by atoms with Gasteiger partial charge in [-0.2, -0.15) is 0 Å². The number of benzene rings is 3. The minimum absolute atomic E-state index is 0.0456. The third-order valence-electron chi connectivity index (χ3n) is 5.66. The molecule has 0 fully saturated rings. The van der Waals surface area contributed by atoms with E-state index in [1.807, 2.05) is 0 Å². The van der Waals surface area contributed by atoms with Gasteiger partial charge in [0, 0.05) is 23.1 Å². The highest BCUT2D eigenvalue weighted by molar-refractivity contribution is 9.10. The van der Waals surface area contributed by atoms with Crippen LogP contribution in [0.5, 0.6) is 0 Å². The van der Waals surface area contributed by atoms with Crippen molar-refractivity contribution in [1.82, 2.24) is 10.2 Å². The number of carbonyl (C=O) groups is 2. The smallest absolute Gasteiger partial charge is 0.264 e. The molecule has 3 rings (SSSR count). The highest BCUT2D eigenvalue weighted by Crippen LogP contribution is 2.27.